The zero-order chi connectivity index (χ0) is 17.7. The fourth-order valence-corrected chi connectivity index (χ4v) is 5.03. The van der Waals surface area contributed by atoms with E-state index in [1.807, 2.05) is 48.5 Å². The van der Waals surface area contributed by atoms with Crippen molar-refractivity contribution in [1.29, 1.82) is 0 Å². The Hall–Kier alpha value is -2.72. The molecule has 0 saturated carbocycles. The Morgan fingerprint density at radius 1 is 0.846 bits per heavy atom. The highest BCUT2D eigenvalue weighted by molar-refractivity contribution is 7.99. The molecule has 1 aliphatic carbocycles. The van der Waals surface area contributed by atoms with Gasteiger partial charge < -0.3 is 0 Å². The molecule has 1 aliphatic heterocycles. The molecule has 3 aromatic carbocycles. The minimum atomic E-state index is -0.365. The van der Waals surface area contributed by atoms with Gasteiger partial charge in [-0.25, -0.2) is 4.39 Å². The van der Waals surface area contributed by atoms with Gasteiger partial charge in [-0.05, 0) is 29.8 Å². The molecule has 0 amide bonds. The summed E-state index contributed by atoms with van der Waals surface area (Å²) in [6, 6.07) is 22.0. The predicted octanol–water partition coefficient (Wildman–Crippen LogP) is 5.61. The Bertz CT molecular complexity index is 1060. The SMILES string of the molecule is O=C1c2ccccc2C2=Nc3ccccc3SC(c3ccc(F)cc3)C12. The number of carbonyl (C=O) groups excluding carboxylic acids is 1. The van der Waals surface area contributed by atoms with Gasteiger partial charge in [-0.3, -0.25) is 9.79 Å². The highest BCUT2D eigenvalue weighted by Gasteiger charge is 2.44. The summed E-state index contributed by atoms with van der Waals surface area (Å²) in [5.74, 6) is -0.549. The number of para-hydroxylation sites is 1. The predicted molar refractivity (Wildman–Crippen MR) is 102 cm³/mol. The van der Waals surface area contributed by atoms with Gasteiger partial charge in [0.25, 0.3) is 0 Å². The molecule has 0 radical (unpaired) electrons. The van der Waals surface area contributed by atoms with Crippen molar-refractivity contribution >= 4 is 28.9 Å². The standard InChI is InChI=1S/C22H14FNOS/c23-14-11-9-13(10-12-14)22-19-20(15-5-1-2-6-16(15)21(19)25)24-17-7-3-4-8-18(17)26-22/h1-12,19,22H. The van der Waals surface area contributed by atoms with E-state index >= 15 is 0 Å². The Balaban J connectivity index is 1.75. The van der Waals surface area contributed by atoms with Crippen molar-refractivity contribution in [2.45, 2.75) is 10.1 Å². The molecule has 0 fully saturated rings. The summed E-state index contributed by atoms with van der Waals surface area (Å²) >= 11 is 1.63. The lowest BCUT2D eigenvalue weighted by Crippen LogP contribution is -2.21. The van der Waals surface area contributed by atoms with Crippen molar-refractivity contribution in [1.82, 2.24) is 0 Å². The first-order chi connectivity index (χ1) is 12.7. The summed E-state index contributed by atoms with van der Waals surface area (Å²) < 4.78 is 13.4. The van der Waals surface area contributed by atoms with Crippen molar-refractivity contribution in [2.24, 2.45) is 10.9 Å². The van der Waals surface area contributed by atoms with E-state index in [1.165, 1.54) is 12.1 Å². The van der Waals surface area contributed by atoms with Crippen LogP contribution in [0.2, 0.25) is 0 Å². The second kappa shape index (κ2) is 5.92. The maximum Gasteiger partial charge on any atom is 0.174 e. The summed E-state index contributed by atoms with van der Waals surface area (Å²) in [7, 11) is 0. The normalized spacial score (nSPS) is 20.7. The van der Waals surface area contributed by atoms with Crippen LogP contribution in [0.3, 0.4) is 0 Å². The zero-order valence-electron chi connectivity index (χ0n) is 13.7. The van der Waals surface area contributed by atoms with Crippen LogP contribution in [-0.4, -0.2) is 11.5 Å². The number of rotatable bonds is 1. The molecule has 0 bridgehead atoms. The quantitative estimate of drug-likeness (QED) is 0.565. The number of Topliss-reactive ketones (excluding diaryl/α,β-unsaturated/α-hetero) is 1. The lowest BCUT2D eigenvalue weighted by atomic mass is 9.93. The van der Waals surface area contributed by atoms with Crippen LogP contribution in [0.5, 0.6) is 0 Å². The van der Waals surface area contributed by atoms with E-state index in [0.29, 0.717) is 0 Å². The fraction of sp³-hybridized carbons (Fsp3) is 0.0909. The molecule has 4 heteroatoms. The number of carbonyl (C=O) groups is 1. The number of hydrogen-bond donors (Lipinski definition) is 0. The molecule has 126 valence electrons. The largest absolute Gasteiger partial charge is 0.293 e. The molecule has 0 saturated heterocycles. The van der Waals surface area contributed by atoms with E-state index in [9.17, 15) is 9.18 Å². The highest BCUT2D eigenvalue weighted by atomic mass is 32.2. The Kier molecular flexibility index (Phi) is 3.54. The minimum Gasteiger partial charge on any atom is -0.293 e. The lowest BCUT2D eigenvalue weighted by molar-refractivity contribution is 0.0960. The fourth-order valence-electron chi connectivity index (χ4n) is 3.69. The molecule has 1 heterocycles. The van der Waals surface area contributed by atoms with E-state index in [-0.39, 0.29) is 22.8 Å². The smallest absolute Gasteiger partial charge is 0.174 e. The molecule has 2 atom stereocenters. The Morgan fingerprint density at radius 2 is 1.54 bits per heavy atom. The number of aliphatic imine (C=N–C) groups is 1. The van der Waals surface area contributed by atoms with Crippen LogP contribution in [0, 0.1) is 11.7 Å². The molecule has 2 unspecified atom stereocenters. The van der Waals surface area contributed by atoms with E-state index in [0.717, 1.165) is 33.0 Å². The van der Waals surface area contributed by atoms with Crippen molar-refractivity contribution in [3.05, 3.63) is 95.3 Å². The minimum absolute atomic E-state index is 0.0916. The van der Waals surface area contributed by atoms with E-state index in [1.54, 1.807) is 23.9 Å². The van der Waals surface area contributed by atoms with Crippen LogP contribution in [0.4, 0.5) is 10.1 Å². The van der Waals surface area contributed by atoms with Crippen molar-refractivity contribution < 1.29 is 9.18 Å². The van der Waals surface area contributed by atoms with Gasteiger partial charge in [-0.15, -0.1) is 11.8 Å². The molecule has 5 rings (SSSR count). The second-order valence-electron chi connectivity index (χ2n) is 6.44. The third kappa shape index (κ3) is 2.33. The van der Waals surface area contributed by atoms with Crippen molar-refractivity contribution in [3.8, 4) is 0 Å². The molecular weight excluding hydrogens is 345 g/mol. The summed E-state index contributed by atoms with van der Waals surface area (Å²) in [6.07, 6.45) is 0. The lowest BCUT2D eigenvalue weighted by Gasteiger charge is -2.21. The van der Waals surface area contributed by atoms with Gasteiger partial charge in [0, 0.05) is 16.0 Å². The van der Waals surface area contributed by atoms with Gasteiger partial charge in [0.2, 0.25) is 0 Å². The first-order valence-corrected chi connectivity index (χ1v) is 9.34. The summed E-state index contributed by atoms with van der Waals surface area (Å²) in [6.45, 7) is 0. The van der Waals surface area contributed by atoms with E-state index < -0.39 is 0 Å². The maximum absolute atomic E-state index is 13.4. The number of thioether (sulfide) groups is 1. The third-order valence-corrected chi connectivity index (χ3v) is 6.30. The van der Waals surface area contributed by atoms with Crippen LogP contribution in [0.25, 0.3) is 0 Å². The maximum atomic E-state index is 13.4. The zero-order valence-corrected chi connectivity index (χ0v) is 14.5. The molecule has 3 aromatic rings. The van der Waals surface area contributed by atoms with Crippen LogP contribution in [0.1, 0.15) is 26.7 Å². The number of benzene rings is 3. The molecule has 2 nitrogen and oxygen atoms in total. The van der Waals surface area contributed by atoms with Crippen LogP contribution in [-0.2, 0) is 0 Å². The van der Waals surface area contributed by atoms with Crippen LogP contribution in [0.15, 0.2) is 82.7 Å². The summed E-state index contributed by atoms with van der Waals surface area (Å²) in [5, 5.41) is -0.141. The molecule has 0 aromatic heterocycles. The Morgan fingerprint density at radius 3 is 2.35 bits per heavy atom. The van der Waals surface area contributed by atoms with Gasteiger partial charge in [0.15, 0.2) is 5.78 Å². The first kappa shape index (κ1) is 15.5. The number of nitrogens with zero attached hydrogens (tertiary/aromatic N) is 1. The van der Waals surface area contributed by atoms with Gasteiger partial charge in [-0.1, -0.05) is 48.5 Å². The Labute approximate surface area is 154 Å². The van der Waals surface area contributed by atoms with E-state index in [4.69, 9.17) is 4.99 Å². The van der Waals surface area contributed by atoms with Gasteiger partial charge in [-0.2, -0.15) is 0 Å². The van der Waals surface area contributed by atoms with Crippen molar-refractivity contribution in [3.63, 3.8) is 0 Å². The van der Waals surface area contributed by atoms with Crippen molar-refractivity contribution in [2.75, 3.05) is 0 Å². The summed E-state index contributed by atoms with van der Waals surface area (Å²) in [5.41, 5.74) is 4.27. The monoisotopic (exact) mass is 359 g/mol. The van der Waals surface area contributed by atoms with E-state index in [2.05, 4.69) is 0 Å². The molecule has 2 aliphatic rings. The van der Waals surface area contributed by atoms with Gasteiger partial charge >= 0.3 is 0 Å². The number of ketones is 1. The van der Waals surface area contributed by atoms with Crippen LogP contribution >= 0.6 is 11.8 Å². The number of halogens is 1. The first-order valence-electron chi connectivity index (χ1n) is 8.46. The van der Waals surface area contributed by atoms with Gasteiger partial charge in [0.1, 0.15) is 5.82 Å². The number of hydrogen-bond acceptors (Lipinski definition) is 3. The van der Waals surface area contributed by atoms with Crippen LogP contribution < -0.4 is 0 Å². The molecule has 0 N–H and O–H groups in total. The second-order valence-corrected chi connectivity index (χ2v) is 7.63. The average Bonchev–Trinajstić information content (AvgIpc) is 2.84. The third-order valence-electron chi connectivity index (χ3n) is 4.91. The molecule has 0 spiro atoms. The topological polar surface area (TPSA) is 29.4 Å². The van der Waals surface area contributed by atoms with Gasteiger partial charge in [0.05, 0.1) is 22.6 Å². The summed E-state index contributed by atoms with van der Waals surface area (Å²) in [4.78, 5) is 19.1. The number of fused-ring (bicyclic) bond motifs is 4. The molecular formula is C22H14FNOS. The highest BCUT2D eigenvalue weighted by Crippen LogP contribution is 2.51. The molecule has 26 heavy (non-hydrogen) atoms. The average molecular weight is 359 g/mol.